The molecule has 3 aromatic rings. The van der Waals surface area contributed by atoms with Gasteiger partial charge in [-0.3, -0.25) is 0 Å². The monoisotopic (exact) mass is 359 g/mol. The molecule has 0 bridgehead atoms. The fraction of sp³-hybridized carbons (Fsp3) is 0.0952. The Hall–Kier alpha value is -3.67. The highest BCUT2D eigenvalue weighted by Crippen LogP contribution is 2.34. The zero-order chi connectivity index (χ0) is 18.8. The van der Waals surface area contributed by atoms with E-state index in [9.17, 15) is 9.59 Å². The van der Waals surface area contributed by atoms with Crippen molar-refractivity contribution < 1.29 is 14.3 Å². The van der Waals surface area contributed by atoms with Gasteiger partial charge in [-0.2, -0.15) is 5.10 Å². The molecule has 134 valence electrons. The van der Waals surface area contributed by atoms with Gasteiger partial charge < -0.3 is 10.5 Å². The fourth-order valence-corrected chi connectivity index (χ4v) is 3.27. The Bertz CT molecular complexity index is 1070. The summed E-state index contributed by atoms with van der Waals surface area (Å²) in [7, 11) is 0. The number of amides is 2. The first-order valence-corrected chi connectivity index (χ1v) is 8.53. The van der Waals surface area contributed by atoms with E-state index in [0.29, 0.717) is 17.7 Å². The molecule has 6 heteroatoms. The summed E-state index contributed by atoms with van der Waals surface area (Å²) in [6.07, 6.45) is -0.143. The van der Waals surface area contributed by atoms with Crippen LogP contribution in [0.15, 0.2) is 71.8 Å². The second kappa shape index (κ2) is 6.92. The third-order valence-corrected chi connectivity index (χ3v) is 4.54. The third-order valence-electron chi connectivity index (χ3n) is 4.54. The molecular formula is C21H17N3O3. The van der Waals surface area contributed by atoms with Gasteiger partial charge in [0.05, 0.1) is 11.3 Å². The molecule has 0 spiro atoms. The summed E-state index contributed by atoms with van der Waals surface area (Å²) >= 11 is 0. The summed E-state index contributed by atoms with van der Waals surface area (Å²) < 4.78 is 5.51. The molecular weight excluding hydrogens is 342 g/mol. The number of benzene rings is 3. The molecule has 1 atom stereocenters. The van der Waals surface area contributed by atoms with Gasteiger partial charge in [-0.1, -0.05) is 54.6 Å². The number of hydrogen-bond acceptors (Lipinski definition) is 4. The van der Waals surface area contributed by atoms with Crippen molar-refractivity contribution in [1.82, 2.24) is 5.43 Å². The van der Waals surface area contributed by atoms with E-state index in [2.05, 4.69) is 10.5 Å². The molecule has 6 nitrogen and oxygen atoms in total. The number of cyclic esters (lactones) is 1. The lowest BCUT2D eigenvalue weighted by molar-refractivity contribution is 0.0400. The number of esters is 1. The number of ether oxygens (including phenoxy) is 1. The molecule has 1 heterocycles. The summed E-state index contributed by atoms with van der Waals surface area (Å²) in [6, 6.07) is 20.4. The molecule has 3 N–H and O–H groups in total. The van der Waals surface area contributed by atoms with Crippen LogP contribution in [-0.4, -0.2) is 17.7 Å². The summed E-state index contributed by atoms with van der Waals surface area (Å²) in [5, 5.41) is 6.31. The largest absolute Gasteiger partial charge is 0.453 e. The Balaban J connectivity index is 1.70. The van der Waals surface area contributed by atoms with Crippen LogP contribution in [0.2, 0.25) is 0 Å². The van der Waals surface area contributed by atoms with Gasteiger partial charge >= 0.3 is 12.0 Å². The third kappa shape index (κ3) is 3.37. The van der Waals surface area contributed by atoms with Crippen LogP contribution >= 0.6 is 0 Å². The normalized spacial score (nSPS) is 16.1. The summed E-state index contributed by atoms with van der Waals surface area (Å²) in [6.45, 7) is 0. The number of rotatable bonds is 4. The van der Waals surface area contributed by atoms with Crippen molar-refractivity contribution in [1.29, 1.82) is 0 Å². The van der Waals surface area contributed by atoms with E-state index in [4.69, 9.17) is 10.5 Å². The minimum absolute atomic E-state index is 0.321. The Morgan fingerprint density at radius 2 is 1.78 bits per heavy atom. The summed E-state index contributed by atoms with van der Waals surface area (Å²) in [5.74, 6) is -0.351. The minimum atomic E-state index is -0.753. The number of nitrogens with one attached hydrogen (secondary N) is 1. The molecule has 4 rings (SSSR count). The van der Waals surface area contributed by atoms with Gasteiger partial charge in [0.25, 0.3) is 0 Å². The van der Waals surface area contributed by atoms with Gasteiger partial charge in [0.1, 0.15) is 6.10 Å². The number of carbonyl (C=O) groups is 2. The van der Waals surface area contributed by atoms with E-state index in [1.807, 2.05) is 54.6 Å². The van der Waals surface area contributed by atoms with E-state index >= 15 is 0 Å². The van der Waals surface area contributed by atoms with Gasteiger partial charge in [0.15, 0.2) is 0 Å². The molecule has 0 radical (unpaired) electrons. The molecule has 27 heavy (non-hydrogen) atoms. The first kappa shape index (κ1) is 16.8. The summed E-state index contributed by atoms with van der Waals surface area (Å²) in [5.41, 5.74) is 10.2. The van der Waals surface area contributed by atoms with Crippen molar-refractivity contribution in [2.45, 2.75) is 12.5 Å². The molecule has 0 saturated heterocycles. The Kier molecular flexibility index (Phi) is 4.30. The molecule has 3 aromatic carbocycles. The van der Waals surface area contributed by atoms with Crippen LogP contribution in [-0.2, 0) is 4.74 Å². The van der Waals surface area contributed by atoms with Crippen LogP contribution in [0.5, 0.6) is 0 Å². The lowest BCUT2D eigenvalue weighted by Crippen LogP contribution is -2.26. The maximum absolute atomic E-state index is 12.1. The molecule has 0 aliphatic carbocycles. The number of urea groups is 1. The number of hydrazone groups is 1. The van der Waals surface area contributed by atoms with Crippen molar-refractivity contribution >= 4 is 28.5 Å². The van der Waals surface area contributed by atoms with Crippen molar-refractivity contribution in [2.75, 3.05) is 0 Å². The van der Waals surface area contributed by atoms with E-state index in [0.717, 1.165) is 21.9 Å². The lowest BCUT2D eigenvalue weighted by Gasteiger charge is -2.14. The quantitative estimate of drug-likeness (QED) is 0.424. The first-order valence-electron chi connectivity index (χ1n) is 8.53. The van der Waals surface area contributed by atoms with Crippen LogP contribution < -0.4 is 11.2 Å². The van der Waals surface area contributed by atoms with Crippen molar-refractivity contribution in [3.8, 4) is 0 Å². The SMILES string of the molecule is NC(=O)N/N=C(\C[C@@H]1OC(=O)c2ccccc21)c1ccc2ccccc2c1. The number of nitrogens with two attached hydrogens (primary N) is 1. The molecule has 0 unspecified atom stereocenters. The molecule has 2 amide bonds. The molecule has 1 aliphatic heterocycles. The van der Waals surface area contributed by atoms with Gasteiger partial charge in [-0.15, -0.1) is 0 Å². The highest BCUT2D eigenvalue weighted by Gasteiger charge is 2.31. The van der Waals surface area contributed by atoms with E-state index < -0.39 is 12.1 Å². The fourth-order valence-electron chi connectivity index (χ4n) is 3.27. The van der Waals surface area contributed by atoms with Crippen LogP contribution in [0.4, 0.5) is 4.79 Å². The minimum Gasteiger partial charge on any atom is -0.453 e. The first-order chi connectivity index (χ1) is 13.1. The van der Waals surface area contributed by atoms with Crippen molar-refractivity contribution in [3.05, 3.63) is 83.4 Å². The van der Waals surface area contributed by atoms with Gasteiger partial charge in [0, 0.05) is 12.0 Å². The number of primary amides is 1. The van der Waals surface area contributed by atoms with Gasteiger partial charge in [-0.05, 0) is 28.5 Å². The van der Waals surface area contributed by atoms with Crippen LogP contribution in [0.1, 0.15) is 34.0 Å². The Morgan fingerprint density at radius 3 is 2.59 bits per heavy atom. The van der Waals surface area contributed by atoms with Crippen LogP contribution in [0, 0.1) is 0 Å². The van der Waals surface area contributed by atoms with Gasteiger partial charge in [-0.25, -0.2) is 15.0 Å². The zero-order valence-electron chi connectivity index (χ0n) is 14.4. The lowest BCUT2D eigenvalue weighted by atomic mass is 9.96. The molecule has 0 fully saturated rings. The average molecular weight is 359 g/mol. The number of hydrogen-bond donors (Lipinski definition) is 2. The van der Waals surface area contributed by atoms with E-state index in [1.54, 1.807) is 12.1 Å². The maximum atomic E-state index is 12.1. The topological polar surface area (TPSA) is 93.8 Å². The number of fused-ring (bicyclic) bond motifs is 2. The maximum Gasteiger partial charge on any atom is 0.339 e. The molecule has 0 saturated carbocycles. The Morgan fingerprint density at radius 1 is 1.04 bits per heavy atom. The van der Waals surface area contributed by atoms with Gasteiger partial charge in [0.2, 0.25) is 0 Å². The predicted octanol–water partition coefficient (Wildman–Crippen LogP) is 3.51. The smallest absolute Gasteiger partial charge is 0.339 e. The number of nitrogens with zero attached hydrogens (tertiary/aromatic N) is 1. The van der Waals surface area contributed by atoms with Crippen LogP contribution in [0.3, 0.4) is 0 Å². The standard InChI is InChI=1S/C21H17N3O3/c22-21(26)24-23-18(15-10-9-13-5-1-2-6-14(13)11-15)12-19-16-7-3-4-8-17(16)20(25)27-19/h1-11,19H,12H2,(H3,22,24,26)/b23-18+/t19-/m0/s1. The Labute approximate surface area is 155 Å². The summed E-state index contributed by atoms with van der Waals surface area (Å²) in [4.78, 5) is 23.2. The van der Waals surface area contributed by atoms with Crippen molar-refractivity contribution in [2.24, 2.45) is 10.8 Å². The second-order valence-electron chi connectivity index (χ2n) is 6.28. The molecule has 0 aromatic heterocycles. The van der Waals surface area contributed by atoms with E-state index in [-0.39, 0.29) is 5.97 Å². The molecule has 1 aliphatic rings. The second-order valence-corrected chi connectivity index (χ2v) is 6.28. The highest BCUT2D eigenvalue weighted by atomic mass is 16.5. The highest BCUT2D eigenvalue weighted by molar-refractivity contribution is 6.05. The van der Waals surface area contributed by atoms with Crippen molar-refractivity contribution in [3.63, 3.8) is 0 Å². The van der Waals surface area contributed by atoms with Crippen LogP contribution in [0.25, 0.3) is 10.8 Å². The predicted molar refractivity (Wildman–Crippen MR) is 102 cm³/mol. The average Bonchev–Trinajstić information content (AvgIpc) is 3.00. The van der Waals surface area contributed by atoms with E-state index in [1.165, 1.54) is 0 Å². The number of carbonyl (C=O) groups excluding carboxylic acids is 2. The zero-order valence-corrected chi connectivity index (χ0v) is 14.4.